The van der Waals surface area contributed by atoms with E-state index in [4.69, 9.17) is 4.98 Å². The number of benzene rings is 1. The highest BCUT2D eigenvalue weighted by Crippen LogP contribution is 2.22. The minimum Gasteiger partial charge on any atom is -0.354 e. The third kappa shape index (κ3) is 4.21. The van der Waals surface area contributed by atoms with E-state index in [-0.39, 0.29) is 0 Å². The van der Waals surface area contributed by atoms with Crippen molar-refractivity contribution in [1.29, 1.82) is 0 Å². The zero-order chi connectivity index (χ0) is 15.2. The van der Waals surface area contributed by atoms with Crippen LogP contribution < -0.4 is 4.90 Å². The SMILES string of the molecule is CN1CCCN(c2cncc(SCc3ccccc3)n2)CC1. The van der Waals surface area contributed by atoms with E-state index in [9.17, 15) is 0 Å². The Kier molecular flexibility index (Phi) is 5.29. The van der Waals surface area contributed by atoms with Crippen LogP contribution in [0.1, 0.15) is 12.0 Å². The fraction of sp³-hybridized carbons (Fsp3) is 0.412. The summed E-state index contributed by atoms with van der Waals surface area (Å²) < 4.78 is 0. The van der Waals surface area contributed by atoms with E-state index in [1.54, 1.807) is 11.8 Å². The summed E-state index contributed by atoms with van der Waals surface area (Å²) >= 11 is 1.75. The second-order valence-corrected chi connectivity index (χ2v) is 6.63. The monoisotopic (exact) mass is 314 g/mol. The summed E-state index contributed by atoms with van der Waals surface area (Å²) in [6.45, 7) is 4.33. The molecule has 0 spiro atoms. The number of hydrogen-bond donors (Lipinski definition) is 0. The fourth-order valence-corrected chi connectivity index (χ4v) is 3.37. The molecule has 0 amide bonds. The molecule has 0 radical (unpaired) electrons. The maximum Gasteiger partial charge on any atom is 0.148 e. The van der Waals surface area contributed by atoms with Crippen LogP contribution in [0.5, 0.6) is 0 Å². The van der Waals surface area contributed by atoms with Crippen molar-refractivity contribution in [1.82, 2.24) is 14.9 Å². The first kappa shape index (κ1) is 15.3. The lowest BCUT2D eigenvalue weighted by Crippen LogP contribution is -2.29. The van der Waals surface area contributed by atoms with Crippen LogP contribution in [0.4, 0.5) is 5.82 Å². The van der Waals surface area contributed by atoms with E-state index in [1.165, 1.54) is 12.0 Å². The molecular weight excluding hydrogens is 292 g/mol. The fourth-order valence-electron chi connectivity index (χ4n) is 2.57. The van der Waals surface area contributed by atoms with E-state index in [0.29, 0.717) is 0 Å². The zero-order valence-electron chi connectivity index (χ0n) is 13.0. The molecule has 3 rings (SSSR count). The number of thioether (sulfide) groups is 1. The van der Waals surface area contributed by atoms with Crippen LogP contribution in [-0.4, -0.2) is 48.1 Å². The van der Waals surface area contributed by atoms with Gasteiger partial charge in [0.15, 0.2) is 0 Å². The Morgan fingerprint density at radius 2 is 1.91 bits per heavy atom. The average Bonchev–Trinajstić information content (AvgIpc) is 2.79. The van der Waals surface area contributed by atoms with Crippen LogP contribution >= 0.6 is 11.8 Å². The predicted molar refractivity (Wildman–Crippen MR) is 92.4 cm³/mol. The van der Waals surface area contributed by atoms with Gasteiger partial charge < -0.3 is 9.80 Å². The number of anilines is 1. The Balaban J connectivity index is 1.64. The zero-order valence-corrected chi connectivity index (χ0v) is 13.8. The molecule has 0 unspecified atom stereocenters. The molecule has 0 atom stereocenters. The van der Waals surface area contributed by atoms with Crippen molar-refractivity contribution in [3.8, 4) is 0 Å². The third-order valence-corrected chi connectivity index (χ3v) is 4.84. The first-order valence-corrected chi connectivity index (χ1v) is 8.72. The molecule has 2 heterocycles. The molecule has 0 saturated carbocycles. The van der Waals surface area contributed by atoms with Gasteiger partial charge in [0.2, 0.25) is 0 Å². The maximum absolute atomic E-state index is 4.79. The summed E-state index contributed by atoms with van der Waals surface area (Å²) in [6.07, 6.45) is 4.93. The first-order valence-electron chi connectivity index (χ1n) is 7.73. The number of rotatable bonds is 4. The number of likely N-dealkylation sites (N-methyl/N-ethyl adjacent to an activating group) is 1. The van der Waals surface area contributed by atoms with Crippen LogP contribution in [0, 0.1) is 0 Å². The van der Waals surface area contributed by atoms with Gasteiger partial charge in [0, 0.05) is 25.4 Å². The Morgan fingerprint density at radius 1 is 1.05 bits per heavy atom. The van der Waals surface area contributed by atoms with E-state index < -0.39 is 0 Å². The van der Waals surface area contributed by atoms with Gasteiger partial charge in [0.1, 0.15) is 10.8 Å². The molecule has 1 fully saturated rings. The molecule has 0 aliphatic carbocycles. The Hall–Kier alpha value is -1.59. The molecule has 0 bridgehead atoms. The molecule has 1 aromatic heterocycles. The molecule has 4 nitrogen and oxygen atoms in total. The molecule has 1 aliphatic rings. The van der Waals surface area contributed by atoms with Crippen molar-refractivity contribution in [3.05, 3.63) is 48.3 Å². The largest absolute Gasteiger partial charge is 0.354 e. The molecule has 0 N–H and O–H groups in total. The Labute approximate surface area is 136 Å². The van der Waals surface area contributed by atoms with Crippen molar-refractivity contribution < 1.29 is 0 Å². The summed E-state index contributed by atoms with van der Waals surface area (Å²) in [5.41, 5.74) is 1.32. The molecule has 116 valence electrons. The van der Waals surface area contributed by atoms with Gasteiger partial charge >= 0.3 is 0 Å². The van der Waals surface area contributed by atoms with Crippen molar-refractivity contribution in [2.45, 2.75) is 17.2 Å². The minimum absolute atomic E-state index is 0.932. The van der Waals surface area contributed by atoms with Gasteiger partial charge in [-0.3, -0.25) is 4.98 Å². The van der Waals surface area contributed by atoms with E-state index in [2.05, 4.69) is 46.1 Å². The second kappa shape index (κ2) is 7.61. The first-order chi connectivity index (χ1) is 10.8. The highest BCUT2D eigenvalue weighted by Gasteiger charge is 2.14. The van der Waals surface area contributed by atoms with Gasteiger partial charge in [0.05, 0.1) is 12.4 Å². The van der Waals surface area contributed by atoms with Crippen molar-refractivity contribution >= 4 is 17.6 Å². The highest BCUT2D eigenvalue weighted by molar-refractivity contribution is 7.98. The topological polar surface area (TPSA) is 32.3 Å². The summed E-state index contributed by atoms with van der Waals surface area (Å²) in [5.74, 6) is 1.94. The summed E-state index contributed by atoms with van der Waals surface area (Å²) in [7, 11) is 2.18. The summed E-state index contributed by atoms with van der Waals surface area (Å²) in [4.78, 5) is 13.9. The number of hydrogen-bond acceptors (Lipinski definition) is 5. The van der Waals surface area contributed by atoms with Gasteiger partial charge in [-0.05, 0) is 25.6 Å². The van der Waals surface area contributed by atoms with Gasteiger partial charge in [-0.1, -0.05) is 30.3 Å². The standard InChI is InChI=1S/C17H22N4S/c1-20-8-5-9-21(11-10-20)16-12-18-13-17(19-16)22-14-15-6-3-2-4-7-15/h2-4,6-7,12-13H,5,8-11,14H2,1H3. The summed E-state index contributed by atoms with van der Waals surface area (Å²) in [5, 5.41) is 0.999. The van der Waals surface area contributed by atoms with Crippen molar-refractivity contribution in [2.24, 2.45) is 0 Å². The van der Waals surface area contributed by atoms with Crippen LogP contribution in [0.15, 0.2) is 47.8 Å². The number of aromatic nitrogens is 2. The summed E-state index contributed by atoms with van der Waals surface area (Å²) in [6, 6.07) is 10.5. The molecule has 1 aromatic carbocycles. The molecule has 2 aromatic rings. The molecule has 1 saturated heterocycles. The molecular formula is C17H22N4S. The van der Waals surface area contributed by atoms with Gasteiger partial charge in [-0.2, -0.15) is 0 Å². The highest BCUT2D eigenvalue weighted by atomic mass is 32.2. The third-order valence-electron chi connectivity index (χ3n) is 3.87. The van der Waals surface area contributed by atoms with Gasteiger partial charge in [0.25, 0.3) is 0 Å². The lowest BCUT2D eigenvalue weighted by molar-refractivity contribution is 0.360. The molecule has 5 heteroatoms. The quantitative estimate of drug-likeness (QED) is 0.810. The van der Waals surface area contributed by atoms with Gasteiger partial charge in [-0.25, -0.2) is 4.98 Å². The normalized spacial score (nSPS) is 16.5. The molecule has 1 aliphatic heterocycles. The Morgan fingerprint density at radius 3 is 2.77 bits per heavy atom. The number of nitrogens with zero attached hydrogens (tertiary/aromatic N) is 4. The second-order valence-electron chi connectivity index (χ2n) is 5.63. The molecule has 22 heavy (non-hydrogen) atoms. The van der Waals surface area contributed by atoms with Gasteiger partial charge in [-0.15, -0.1) is 11.8 Å². The van der Waals surface area contributed by atoms with Crippen LogP contribution in [-0.2, 0) is 5.75 Å². The minimum atomic E-state index is 0.932. The lowest BCUT2D eigenvalue weighted by Gasteiger charge is -2.21. The van der Waals surface area contributed by atoms with Crippen LogP contribution in [0.25, 0.3) is 0 Å². The lowest BCUT2D eigenvalue weighted by atomic mass is 10.2. The Bertz CT molecular complexity index is 590. The van der Waals surface area contributed by atoms with Crippen molar-refractivity contribution in [2.75, 3.05) is 38.1 Å². The van der Waals surface area contributed by atoms with Crippen molar-refractivity contribution in [3.63, 3.8) is 0 Å². The van der Waals surface area contributed by atoms with Crippen LogP contribution in [0.3, 0.4) is 0 Å². The van der Waals surface area contributed by atoms with E-state index >= 15 is 0 Å². The predicted octanol–water partition coefficient (Wildman–Crippen LogP) is 2.91. The van der Waals surface area contributed by atoms with E-state index in [0.717, 1.165) is 42.8 Å². The van der Waals surface area contributed by atoms with E-state index in [1.807, 2.05) is 18.5 Å². The maximum atomic E-state index is 4.79. The smallest absolute Gasteiger partial charge is 0.148 e. The average molecular weight is 314 g/mol. The van der Waals surface area contributed by atoms with Crippen LogP contribution in [0.2, 0.25) is 0 Å².